The van der Waals surface area contributed by atoms with Gasteiger partial charge in [0, 0.05) is 17.6 Å². The molecule has 138 valence electrons. The molecule has 0 aliphatic rings. The molecule has 0 spiro atoms. The quantitative estimate of drug-likeness (QED) is 0.782. The standard InChI is InChI=1S/C19H25N5OS/c1-13-7-8-15(11-14(13)2)24(10-6-9-20)16(25)12-26-18-21-17(22-23-18)19(3,4)5/h7-8,11H,6,10,12H2,1-5H3,(H,21,22,23). The van der Waals surface area contributed by atoms with Crippen LogP contribution in [0.3, 0.4) is 0 Å². The zero-order valence-electron chi connectivity index (χ0n) is 16.0. The summed E-state index contributed by atoms with van der Waals surface area (Å²) < 4.78 is 0. The molecule has 1 N–H and O–H groups in total. The van der Waals surface area contributed by atoms with E-state index in [1.807, 2.05) is 32.0 Å². The van der Waals surface area contributed by atoms with Gasteiger partial charge in [-0.25, -0.2) is 4.98 Å². The maximum absolute atomic E-state index is 12.8. The van der Waals surface area contributed by atoms with E-state index in [0.29, 0.717) is 11.7 Å². The van der Waals surface area contributed by atoms with Gasteiger partial charge in [0.15, 0.2) is 0 Å². The van der Waals surface area contributed by atoms with Crippen LogP contribution in [-0.2, 0) is 10.2 Å². The van der Waals surface area contributed by atoms with Crippen LogP contribution in [0.5, 0.6) is 0 Å². The second-order valence-corrected chi connectivity index (χ2v) is 8.17. The van der Waals surface area contributed by atoms with Gasteiger partial charge in [-0.1, -0.05) is 38.6 Å². The molecule has 0 atom stereocenters. The summed E-state index contributed by atoms with van der Waals surface area (Å²) in [5, 5.41) is 16.6. The molecular formula is C19H25N5OS. The highest BCUT2D eigenvalue weighted by molar-refractivity contribution is 7.99. The molecule has 0 unspecified atom stereocenters. The molecule has 0 saturated heterocycles. The van der Waals surface area contributed by atoms with E-state index in [-0.39, 0.29) is 23.5 Å². The molecule has 0 saturated carbocycles. The topological polar surface area (TPSA) is 85.7 Å². The number of aryl methyl sites for hydroxylation is 2. The summed E-state index contributed by atoms with van der Waals surface area (Å²) in [4.78, 5) is 18.9. The predicted molar refractivity (Wildman–Crippen MR) is 104 cm³/mol. The van der Waals surface area contributed by atoms with Crippen LogP contribution in [0.25, 0.3) is 0 Å². The first kappa shape index (κ1) is 20.0. The molecule has 0 aliphatic carbocycles. The number of aromatic nitrogens is 3. The zero-order chi connectivity index (χ0) is 19.3. The summed E-state index contributed by atoms with van der Waals surface area (Å²) in [6.07, 6.45) is 0.290. The third-order valence-electron chi connectivity index (χ3n) is 4.05. The maximum Gasteiger partial charge on any atom is 0.237 e. The first-order chi connectivity index (χ1) is 12.2. The zero-order valence-corrected chi connectivity index (χ0v) is 16.8. The largest absolute Gasteiger partial charge is 0.311 e. The molecule has 2 aromatic rings. The number of hydrogen-bond acceptors (Lipinski definition) is 5. The number of thioether (sulfide) groups is 1. The van der Waals surface area contributed by atoms with Crippen LogP contribution in [0.2, 0.25) is 0 Å². The number of anilines is 1. The SMILES string of the molecule is Cc1ccc(N(CCC#N)C(=O)CSc2n[nH]c(C(C)(C)C)n2)cc1C. The van der Waals surface area contributed by atoms with Gasteiger partial charge in [-0.15, -0.1) is 5.10 Å². The molecule has 0 radical (unpaired) electrons. The van der Waals surface area contributed by atoms with Crippen LogP contribution in [0.4, 0.5) is 5.69 Å². The molecule has 1 heterocycles. The Hall–Kier alpha value is -2.33. The minimum absolute atomic E-state index is 0.0596. The first-order valence-corrected chi connectivity index (χ1v) is 9.51. The van der Waals surface area contributed by atoms with E-state index in [4.69, 9.17) is 5.26 Å². The van der Waals surface area contributed by atoms with Crippen LogP contribution in [0, 0.1) is 25.2 Å². The second-order valence-electron chi connectivity index (χ2n) is 7.23. The van der Waals surface area contributed by atoms with Crippen LogP contribution in [0.1, 0.15) is 44.1 Å². The third-order valence-corrected chi connectivity index (χ3v) is 4.88. The molecule has 0 bridgehead atoms. The number of nitrogens with zero attached hydrogens (tertiary/aromatic N) is 4. The smallest absolute Gasteiger partial charge is 0.237 e. The van der Waals surface area contributed by atoms with Crippen molar-refractivity contribution in [1.82, 2.24) is 15.2 Å². The van der Waals surface area contributed by atoms with E-state index in [0.717, 1.165) is 17.1 Å². The number of aromatic amines is 1. The summed E-state index contributed by atoms with van der Waals surface area (Å²) in [6, 6.07) is 8.02. The molecule has 1 amide bonds. The molecule has 6 nitrogen and oxygen atoms in total. The summed E-state index contributed by atoms with van der Waals surface area (Å²) >= 11 is 1.30. The molecule has 2 rings (SSSR count). The summed E-state index contributed by atoms with van der Waals surface area (Å²) in [5.74, 6) is 0.957. The fraction of sp³-hybridized carbons (Fsp3) is 0.474. The van der Waals surface area contributed by atoms with Crippen molar-refractivity contribution in [2.24, 2.45) is 0 Å². The summed E-state index contributed by atoms with van der Waals surface area (Å²) in [5.41, 5.74) is 2.99. The number of carbonyl (C=O) groups is 1. The van der Waals surface area contributed by atoms with Gasteiger partial charge in [-0.05, 0) is 37.1 Å². The number of H-pyrrole nitrogens is 1. The van der Waals surface area contributed by atoms with E-state index >= 15 is 0 Å². The van der Waals surface area contributed by atoms with Gasteiger partial charge in [0.05, 0.1) is 18.2 Å². The maximum atomic E-state index is 12.8. The van der Waals surface area contributed by atoms with E-state index < -0.39 is 0 Å². The van der Waals surface area contributed by atoms with Crippen molar-refractivity contribution in [3.8, 4) is 6.07 Å². The molecular weight excluding hydrogens is 346 g/mol. The monoisotopic (exact) mass is 371 g/mol. The van der Waals surface area contributed by atoms with Crippen molar-refractivity contribution >= 4 is 23.4 Å². The van der Waals surface area contributed by atoms with Crippen molar-refractivity contribution in [3.63, 3.8) is 0 Å². The Bertz CT molecular complexity index is 816. The highest BCUT2D eigenvalue weighted by Crippen LogP contribution is 2.23. The Morgan fingerprint density at radius 2 is 2.04 bits per heavy atom. The fourth-order valence-corrected chi connectivity index (χ4v) is 2.98. The van der Waals surface area contributed by atoms with Gasteiger partial charge in [0.25, 0.3) is 0 Å². The lowest BCUT2D eigenvalue weighted by Crippen LogP contribution is -2.33. The van der Waals surface area contributed by atoms with Crippen LogP contribution in [-0.4, -0.2) is 33.4 Å². The fourth-order valence-electron chi connectivity index (χ4n) is 2.30. The Kier molecular flexibility index (Phi) is 6.43. The lowest BCUT2D eigenvalue weighted by molar-refractivity contribution is -0.116. The van der Waals surface area contributed by atoms with Gasteiger partial charge in [0.1, 0.15) is 5.82 Å². The number of nitriles is 1. The van der Waals surface area contributed by atoms with Crippen molar-refractivity contribution in [2.75, 3.05) is 17.2 Å². The summed E-state index contributed by atoms with van der Waals surface area (Å²) in [7, 11) is 0. The van der Waals surface area contributed by atoms with Gasteiger partial charge in [-0.3, -0.25) is 9.89 Å². The van der Waals surface area contributed by atoms with Crippen molar-refractivity contribution in [3.05, 3.63) is 35.2 Å². The minimum Gasteiger partial charge on any atom is -0.311 e. The average Bonchev–Trinajstić information content (AvgIpc) is 3.05. The molecule has 1 aromatic heterocycles. The molecule has 7 heteroatoms. The van der Waals surface area contributed by atoms with Crippen molar-refractivity contribution < 1.29 is 4.79 Å². The Labute approximate surface area is 159 Å². The third kappa shape index (κ3) is 5.09. The number of rotatable bonds is 6. The van der Waals surface area contributed by atoms with Crippen LogP contribution < -0.4 is 4.90 Å². The Morgan fingerprint density at radius 1 is 1.31 bits per heavy atom. The molecule has 0 aliphatic heterocycles. The van der Waals surface area contributed by atoms with Crippen molar-refractivity contribution in [2.45, 2.75) is 51.6 Å². The Balaban J connectivity index is 2.10. The number of hydrogen-bond donors (Lipinski definition) is 1. The van der Waals surface area contributed by atoms with E-state index in [2.05, 4.69) is 42.0 Å². The van der Waals surface area contributed by atoms with Crippen molar-refractivity contribution in [1.29, 1.82) is 5.26 Å². The highest BCUT2D eigenvalue weighted by atomic mass is 32.2. The van der Waals surface area contributed by atoms with Crippen LogP contribution >= 0.6 is 11.8 Å². The van der Waals surface area contributed by atoms with E-state index in [1.165, 1.54) is 17.3 Å². The average molecular weight is 372 g/mol. The molecule has 0 fully saturated rings. The number of amides is 1. The van der Waals surface area contributed by atoms with E-state index in [1.54, 1.807) is 4.90 Å². The highest BCUT2D eigenvalue weighted by Gasteiger charge is 2.21. The van der Waals surface area contributed by atoms with Crippen LogP contribution in [0.15, 0.2) is 23.4 Å². The van der Waals surface area contributed by atoms with Gasteiger partial charge >= 0.3 is 0 Å². The first-order valence-electron chi connectivity index (χ1n) is 8.52. The Morgan fingerprint density at radius 3 is 2.62 bits per heavy atom. The summed E-state index contributed by atoms with van der Waals surface area (Å²) in [6.45, 7) is 10.6. The second kappa shape index (κ2) is 8.37. The lowest BCUT2D eigenvalue weighted by Gasteiger charge is -2.22. The molecule has 1 aromatic carbocycles. The van der Waals surface area contributed by atoms with E-state index in [9.17, 15) is 4.79 Å². The normalized spacial score (nSPS) is 11.2. The number of benzene rings is 1. The van der Waals surface area contributed by atoms with Gasteiger partial charge in [-0.2, -0.15) is 5.26 Å². The molecule has 26 heavy (non-hydrogen) atoms. The van der Waals surface area contributed by atoms with Gasteiger partial charge < -0.3 is 4.90 Å². The minimum atomic E-state index is -0.117. The number of nitrogens with one attached hydrogen (secondary N) is 1. The van der Waals surface area contributed by atoms with Gasteiger partial charge in [0.2, 0.25) is 11.1 Å². The predicted octanol–water partition coefficient (Wildman–Crippen LogP) is 3.76. The number of carbonyl (C=O) groups excluding carboxylic acids is 1. The lowest BCUT2D eigenvalue weighted by atomic mass is 9.96.